The molecule has 0 radical (unpaired) electrons. The van der Waals surface area contributed by atoms with Gasteiger partial charge in [-0.15, -0.1) is 0 Å². The fraction of sp³-hybridized carbons (Fsp3) is 0.571. The number of nitrogens with zero attached hydrogens (tertiary/aromatic N) is 1. The summed E-state index contributed by atoms with van der Waals surface area (Å²) >= 11 is 6.13. The normalized spacial score (nSPS) is 15.4. The van der Waals surface area contributed by atoms with Crippen LogP contribution in [0.4, 0.5) is 18.9 Å². The third kappa shape index (κ3) is 4.56. The minimum absolute atomic E-state index is 0.263. The number of benzene rings is 1. The summed E-state index contributed by atoms with van der Waals surface area (Å²) < 4.78 is 37.5. The minimum atomic E-state index is -4.23. The Morgan fingerprint density at radius 1 is 1.35 bits per heavy atom. The summed E-state index contributed by atoms with van der Waals surface area (Å²) in [6, 6.07) is 5.83. The molecule has 1 N–H and O–H groups in total. The molecule has 0 unspecified atom stereocenters. The van der Waals surface area contributed by atoms with E-state index in [1.165, 1.54) is 17.7 Å². The summed E-state index contributed by atoms with van der Waals surface area (Å²) in [6.45, 7) is 1.67. The Kier molecular flexibility index (Phi) is 4.81. The second-order valence-corrected chi connectivity index (χ2v) is 5.48. The van der Waals surface area contributed by atoms with Crippen LogP contribution in [0, 0.1) is 0 Å². The largest absolute Gasteiger partial charge is 0.405 e. The zero-order valence-corrected chi connectivity index (χ0v) is 12.1. The van der Waals surface area contributed by atoms with Crippen LogP contribution in [0.5, 0.6) is 0 Å². The van der Waals surface area contributed by atoms with E-state index in [0.717, 1.165) is 5.56 Å². The first-order valence-electron chi connectivity index (χ1n) is 6.72. The van der Waals surface area contributed by atoms with Crippen LogP contribution in [-0.2, 0) is 6.54 Å². The molecule has 0 aromatic heterocycles. The molecule has 1 aromatic rings. The number of hydrogen-bond acceptors (Lipinski definition) is 2. The topological polar surface area (TPSA) is 15.3 Å². The van der Waals surface area contributed by atoms with Gasteiger partial charge in [0.15, 0.2) is 0 Å². The molecule has 6 heteroatoms. The zero-order chi connectivity index (χ0) is 14.8. The lowest BCUT2D eigenvalue weighted by molar-refractivity contribution is -0.119. The maximum Gasteiger partial charge on any atom is 0.405 e. The highest BCUT2D eigenvalue weighted by atomic mass is 35.5. The second kappa shape index (κ2) is 6.22. The lowest BCUT2D eigenvalue weighted by atomic mass is 10.2. The van der Waals surface area contributed by atoms with Crippen molar-refractivity contribution in [2.24, 2.45) is 0 Å². The molecule has 0 aliphatic heterocycles. The van der Waals surface area contributed by atoms with Crippen LogP contribution < -0.4 is 10.2 Å². The molecule has 1 aromatic carbocycles. The fourth-order valence-electron chi connectivity index (χ4n) is 2.05. The van der Waals surface area contributed by atoms with E-state index >= 15 is 0 Å². The molecule has 1 fully saturated rings. The highest BCUT2D eigenvalue weighted by Gasteiger charge is 2.31. The summed E-state index contributed by atoms with van der Waals surface area (Å²) in [6.07, 6.45) is -1.84. The molecule has 20 heavy (non-hydrogen) atoms. The van der Waals surface area contributed by atoms with Crippen molar-refractivity contribution in [1.82, 2.24) is 5.32 Å². The van der Waals surface area contributed by atoms with Crippen molar-refractivity contribution in [3.63, 3.8) is 0 Å². The molecule has 0 saturated heterocycles. The van der Waals surface area contributed by atoms with Crippen LogP contribution >= 0.6 is 11.6 Å². The molecule has 1 saturated carbocycles. The maximum absolute atomic E-state index is 12.5. The SMILES string of the molecule is CCN(CC(F)(F)F)c1ccc(CNC2CC2)cc1Cl. The predicted octanol–water partition coefficient (Wildman–Crippen LogP) is 3.98. The smallest absolute Gasteiger partial charge is 0.362 e. The molecule has 0 bridgehead atoms. The number of rotatable bonds is 6. The average Bonchev–Trinajstić information content (AvgIpc) is 3.17. The standard InChI is InChI=1S/C14H18ClF3N2/c1-2-20(9-14(16,17)18)13-6-3-10(7-12(13)15)8-19-11-4-5-11/h3,6-7,11,19H,2,4-5,8-9H2,1H3. The monoisotopic (exact) mass is 306 g/mol. The Hall–Kier alpha value is -0.940. The van der Waals surface area contributed by atoms with Crippen LogP contribution in [0.25, 0.3) is 0 Å². The van der Waals surface area contributed by atoms with Gasteiger partial charge in [0, 0.05) is 19.1 Å². The van der Waals surface area contributed by atoms with Gasteiger partial charge in [0.25, 0.3) is 0 Å². The van der Waals surface area contributed by atoms with Crippen molar-refractivity contribution in [3.8, 4) is 0 Å². The molecule has 1 aliphatic carbocycles. The van der Waals surface area contributed by atoms with Crippen LogP contribution in [0.15, 0.2) is 18.2 Å². The fourth-order valence-corrected chi connectivity index (χ4v) is 2.37. The first kappa shape index (κ1) is 15.4. The van der Waals surface area contributed by atoms with Crippen LogP contribution in [0.2, 0.25) is 5.02 Å². The Bertz CT molecular complexity index is 458. The van der Waals surface area contributed by atoms with Gasteiger partial charge < -0.3 is 10.2 Å². The van der Waals surface area contributed by atoms with Gasteiger partial charge >= 0.3 is 6.18 Å². The summed E-state index contributed by atoms with van der Waals surface area (Å²) in [4.78, 5) is 1.24. The third-order valence-electron chi connectivity index (χ3n) is 3.28. The van der Waals surface area contributed by atoms with Crippen LogP contribution in [0.3, 0.4) is 0 Å². The van der Waals surface area contributed by atoms with E-state index in [1.54, 1.807) is 19.1 Å². The van der Waals surface area contributed by atoms with E-state index in [4.69, 9.17) is 11.6 Å². The van der Waals surface area contributed by atoms with Crippen molar-refractivity contribution >= 4 is 17.3 Å². The predicted molar refractivity (Wildman–Crippen MR) is 75.3 cm³/mol. The van der Waals surface area contributed by atoms with Crippen molar-refractivity contribution in [2.45, 2.75) is 38.5 Å². The molecule has 2 nitrogen and oxygen atoms in total. The minimum Gasteiger partial charge on any atom is -0.362 e. The van der Waals surface area contributed by atoms with Crippen LogP contribution in [-0.4, -0.2) is 25.3 Å². The highest BCUT2D eigenvalue weighted by Crippen LogP contribution is 2.30. The van der Waals surface area contributed by atoms with E-state index in [0.29, 0.717) is 23.3 Å². The Labute approximate surface area is 121 Å². The second-order valence-electron chi connectivity index (χ2n) is 5.07. The van der Waals surface area contributed by atoms with Gasteiger partial charge in [0.1, 0.15) is 6.54 Å². The van der Waals surface area contributed by atoms with Gasteiger partial charge in [-0.2, -0.15) is 13.2 Å². The first-order chi connectivity index (χ1) is 9.39. The van der Waals surface area contributed by atoms with Crippen molar-refractivity contribution in [2.75, 3.05) is 18.0 Å². The third-order valence-corrected chi connectivity index (χ3v) is 3.58. The van der Waals surface area contributed by atoms with Crippen molar-refractivity contribution in [3.05, 3.63) is 28.8 Å². The lowest BCUT2D eigenvalue weighted by Gasteiger charge is -2.25. The van der Waals surface area contributed by atoms with Gasteiger partial charge in [-0.1, -0.05) is 17.7 Å². The average molecular weight is 307 g/mol. The van der Waals surface area contributed by atoms with E-state index in [9.17, 15) is 13.2 Å². The molecule has 0 heterocycles. The van der Waals surface area contributed by atoms with Gasteiger partial charge in [0.05, 0.1) is 10.7 Å². The summed E-state index contributed by atoms with van der Waals surface area (Å²) in [7, 11) is 0. The van der Waals surface area contributed by atoms with E-state index in [2.05, 4.69) is 5.32 Å². The molecule has 0 amide bonds. The van der Waals surface area contributed by atoms with Gasteiger partial charge in [-0.05, 0) is 37.5 Å². The molecular weight excluding hydrogens is 289 g/mol. The van der Waals surface area contributed by atoms with E-state index in [-0.39, 0.29) is 6.54 Å². The molecule has 0 atom stereocenters. The van der Waals surface area contributed by atoms with Crippen LogP contribution in [0.1, 0.15) is 25.3 Å². The molecule has 1 aliphatic rings. The summed E-state index contributed by atoms with van der Waals surface area (Å²) in [5.74, 6) is 0. The number of halogens is 4. The zero-order valence-electron chi connectivity index (χ0n) is 11.3. The van der Waals surface area contributed by atoms with E-state index < -0.39 is 12.7 Å². The van der Waals surface area contributed by atoms with Gasteiger partial charge in [-0.25, -0.2) is 0 Å². The molecule has 0 spiro atoms. The first-order valence-corrected chi connectivity index (χ1v) is 7.10. The number of alkyl halides is 3. The number of hydrogen-bond donors (Lipinski definition) is 1. The molecule has 112 valence electrons. The van der Waals surface area contributed by atoms with Gasteiger partial charge in [-0.3, -0.25) is 0 Å². The van der Waals surface area contributed by atoms with E-state index in [1.807, 2.05) is 6.07 Å². The molecule has 2 rings (SSSR count). The summed E-state index contributed by atoms with van der Waals surface area (Å²) in [5, 5.41) is 3.72. The quantitative estimate of drug-likeness (QED) is 0.855. The number of anilines is 1. The highest BCUT2D eigenvalue weighted by molar-refractivity contribution is 6.33. The van der Waals surface area contributed by atoms with Crippen molar-refractivity contribution < 1.29 is 13.2 Å². The number of nitrogens with one attached hydrogen (secondary N) is 1. The maximum atomic E-state index is 12.5. The van der Waals surface area contributed by atoms with Gasteiger partial charge in [0.2, 0.25) is 0 Å². The molecular formula is C14H18ClF3N2. The van der Waals surface area contributed by atoms with Crippen molar-refractivity contribution in [1.29, 1.82) is 0 Å². The Balaban J connectivity index is 2.06. The summed E-state index contributed by atoms with van der Waals surface area (Å²) in [5.41, 5.74) is 1.43. The lowest BCUT2D eigenvalue weighted by Crippen LogP contribution is -2.34. The Morgan fingerprint density at radius 3 is 2.55 bits per heavy atom. The Morgan fingerprint density at radius 2 is 2.05 bits per heavy atom.